The summed E-state index contributed by atoms with van der Waals surface area (Å²) in [6.45, 7) is 6.69. The van der Waals surface area contributed by atoms with Crippen LogP contribution in [-0.2, 0) is 13.0 Å². The fourth-order valence-corrected chi connectivity index (χ4v) is 3.80. The zero-order valence-electron chi connectivity index (χ0n) is 18.8. The Hall–Kier alpha value is -3.82. The van der Waals surface area contributed by atoms with E-state index in [2.05, 4.69) is 33.6 Å². The van der Waals surface area contributed by atoms with E-state index in [1.54, 1.807) is 6.08 Å². The first-order chi connectivity index (χ1) is 16.6. The number of halogens is 1. The van der Waals surface area contributed by atoms with Crippen molar-refractivity contribution in [2.75, 3.05) is 6.61 Å². The maximum Gasteiger partial charge on any atom is 0.238 e. The lowest BCUT2D eigenvalue weighted by atomic mass is 10.0. The number of hydrogen-bond acceptors (Lipinski definition) is 5. The van der Waals surface area contributed by atoms with Gasteiger partial charge in [-0.2, -0.15) is 5.26 Å². The van der Waals surface area contributed by atoms with Crippen molar-refractivity contribution < 1.29 is 13.9 Å². The molecule has 0 fully saturated rings. The van der Waals surface area contributed by atoms with Crippen molar-refractivity contribution in [1.29, 1.82) is 5.26 Å². The van der Waals surface area contributed by atoms with Gasteiger partial charge in [-0.15, -0.1) is 6.58 Å². The molecule has 0 amide bonds. The van der Waals surface area contributed by atoms with E-state index in [1.165, 1.54) is 0 Å². The molecule has 0 aliphatic rings. The van der Waals surface area contributed by atoms with Crippen LogP contribution in [-0.4, -0.2) is 11.6 Å². The number of fused-ring (bicyclic) bond motifs is 1. The van der Waals surface area contributed by atoms with Crippen LogP contribution < -0.4 is 9.47 Å². The largest absolute Gasteiger partial charge is 0.490 e. The Morgan fingerprint density at radius 2 is 1.94 bits per heavy atom. The Kier molecular flexibility index (Phi) is 7.46. The van der Waals surface area contributed by atoms with Gasteiger partial charge >= 0.3 is 0 Å². The summed E-state index contributed by atoms with van der Waals surface area (Å²) in [5.41, 5.74) is 4.42. The number of nitrogens with zero attached hydrogens (tertiary/aromatic N) is 2. The SMILES string of the molecule is C=CCc1cc(/C=C(\C#N)c2nc3ccccc3o2)cc(OCC)c1OCc1ccc(Br)cc1. The molecule has 1 heterocycles. The summed E-state index contributed by atoms with van der Waals surface area (Å²) < 4.78 is 18.9. The van der Waals surface area contributed by atoms with E-state index in [4.69, 9.17) is 13.9 Å². The van der Waals surface area contributed by atoms with Gasteiger partial charge < -0.3 is 13.9 Å². The van der Waals surface area contributed by atoms with E-state index in [0.29, 0.717) is 47.8 Å². The van der Waals surface area contributed by atoms with Crippen molar-refractivity contribution in [3.05, 3.63) is 100 Å². The first kappa shape index (κ1) is 23.3. The Balaban J connectivity index is 1.71. The lowest BCUT2D eigenvalue weighted by molar-refractivity contribution is 0.267. The van der Waals surface area contributed by atoms with E-state index in [-0.39, 0.29) is 5.89 Å². The molecule has 3 aromatic carbocycles. The smallest absolute Gasteiger partial charge is 0.238 e. The Labute approximate surface area is 207 Å². The molecule has 0 saturated carbocycles. The molecule has 1 aromatic heterocycles. The topological polar surface area (TPSA) is 68.3 Å². The summed E-state index contributed by atoms with van der Waals surface area (Å²) >= 11 is 3.45. The van der Waals surface area contributed by atoms with Crippen LogP contribution in [0.2, 0.25) is 0 Å². The minimum atomic E-state index is 0.280. The number of allylic oxidation sites excluding steroid dienone is 2. The maximum atomic E-state index is 9.80. The quantitative estimate of drug-likeness (QED) is 0.172. The van der Waals surface area contributed by atoms with Gasteiger partial charge in [-0.3, -0.25) is 0 Å². The second-order valence-electron chi connectivity index (χ2n) is 7.50. The summed E-state index contributed by atoms with van der Waals surface area (Å²) in [6, 6.07) is 21.5. The summed E-state index contributed by atoms with van der Waals surface area (Å²) in [5, 5.41) is 9.80. The average Bonchev–Trinajstić information content (AvgIpc) is 3.27. The molecule has 0 radical (unpaired) electrons. The highest BCUT2D eigenvalue weighted by molar-refractivity contribution is 9.10. The third kappa shape index (κ3) is 5.38. The molecule has 170 valence electrons. The van der Waals surface area contributed by atoms with Crippen LogP contribution in [0.3, 0.4) is 0 Å². The third-order valence-electron chi connectivity index (χ3n) is 5.07. The molecule has 0 aliphatic carbocycles. The van der Waals surface area contributed by atoms with Crippen LogP contribution in [0.15, 0.2) is 82.2 Å². The summed E-state index contributed by atoms with van der Waals surface area (Å²) in [5.74, 6) is 1.56. The molecule has 5 nitrogen and oxygen atoms in total. The summed E-state index contributed by atoms with van der Waals surface area (Å²) in [6.07, 6.45) is 4.15. The number of nitriles is 1. The van der Waals surface area contributed by atoms with Gasteiger partial charge in [0.2, 0.25) is 5.89 Å². The predicted molar refractivity (Wildman–Crippen MR) is 137 cm³/mol. The van der Waals surface area contributed by atoms with Crippen LogP contribution in [0.1, 0.15) is 29.5 Å². The number of hydrogen-bond donors (Lipinski definition) is 0. The van der Waals surface area contributed by atoms with E-state index in [9.17, 15) is 5.26 Å². The van der Waals surface area contributed by atoms with E-state index >= 15 is 0 Å². The van der Waals surface area contributed by atoms with E-state index in [0.717, 1.165) is 21.2 Å². The molecular weight excluding hydrogens is 492 g/mol. The summed E-state index contributed by atoms with van der Waals surface area (Å²) in [7, 11) is 0. The van der Waals surface area contributed by atoms with Gasteiger partial charge in [-0.25, -0.2) is 4.98 Å². The van der Waals surface area contributed by atoms with Gasteiger partial charge in [0.05, 0.1) is 6.61 Å². The highest BCUT2D eigenvalue weighted by atomic mass is 79.9. The van der Waals surface area contributed by atoms with Gasteiger partial charge in [-0.1, -0.05) is 46.3 Å². The van der Waals surface area contributed by atoms with Gasteiger partial charge in [0.15, 0.2) is 17.1 Å². The first-order valence-corrected chi connectivity index (χ1v) is 11.7. The highest BCUT2D eigenvalue weighted by Crippen LogP contribution is 2.36. The molecule has 0 N–H and O–H groups in total. The number of aromatic nitrogens is 1. The fraction of sp³-hybridized carbons (Fsp3) is 0.143. The zero-order valence-corrected chi connectivity index (χ0v) is 20.3. The van der Waals surface area contributed by atoms with Crippen molar-refractivity contribution in [3.8, 4) is 17.6 Å². The highest BCUT2D eigenvalue weighted by Gasteiger charge is 2.15. The maximum absolute atomic E-state index is 9.80. The number of rotatable bonds is 9. The molecule has 6 heteroatoms. The molecule has 4 aromatic rings. The fourth-order valence-electron chi connectivity index (χ4n) is 3.53. The van der Waals surface area contributed by atoms with Crippen molar-refractivity contribution in [1.82, 2.24) is 4.98 Å². The molecular formula is C28H23BrN2O3. The number of benzene rings is 3. The van der Waals surface area contributed by atoms with E-state index in [1.807, 2.05) is 73.7 Å². The number of para-hydroxylation sites is 2. The minimum absolute atomic E-state index is 0.280. The Morgan fingerprint density at radius 3 is 2.65 bits per heavy atom. The summed E-state index contributed by atoms with van der Waals surface area (Å²) in [4.78, 5) is 4.45. The molecule has 0 bridgehead atoms. The van der Waals surface area contributed by atoms with Gasteiger partial charge in [-0.05, 0) is 66.9 Å². The minimum Gasteiger partial charge on any atom is -0.490 e. The predicted octanol–water partition coefficient (Wildman–Crippen LogP) is 7.36. The van der Waals surface area contributed by atoms with Crippen molar-refractivity contribution >= 4 is 38.7 Å². The molecule has 0 aliphatic heterocycles. The Bertz CT molecular complexity index is 1350. The molecule has 0 atom stereocenters. The molecule has 0 unspecified atom stereocenters. The van der Waals surface area contributed by atoms with Crippen LogP contribution in [0.4, 0.5) is 0 Å². The van der Waals surface area contributed by atoms with Crippen molar-refractivity contribution in [2.24, 2.45) is 0 Å². The van der Waals surface area contributed by atoms with Gasteiger partial charge in [0.1, 0.15) is 23.8 Å². The van der Waals surface area contributed by atoms with Crippen molar-refractivity contribution in [2.45, 2.75) is 20.0 Å². The van der Waals surface area contributed by atoms with Crippen LogP contribution in [0.5, 0.6) is 11.5 Å². The number of ether oxygens (including phenoxy) is 2. The lowest BCUT2D eigenvalue weighted by Crippen LogP contribution is -2.03. The third-order valence-corrected chi connectivity index (χ3v) is 5.60. The first-order valence-electron chi connectivity index (χ1n) is 10.9. The zero-order chi connectivity index (χ0) is 23.9. The van der Waals surface area contributed by atoms with Crippen LogP contribution in [0.25, 0.3) is 22.7 Å². The van der Waals surface area contributed by atoms with Gasteiger partial charge in [0.25, 0.3) is 0 Å². The van der Waals surface area contributed by atoms with E-state index < -0.39 is 0 Å². The molecule has 4 rings (SSSR count). The van der Waals surface area contributed by atoms with Gasteiger partial charge in [0, 0.05) is 10.0 Å². The second kappa shape index (κ2) is 10.9. The van der Waals surface area contributed by atoms with Crippen LogP contribution >= 0.6 is 15.9 Å². The molecule has 34 heavy (non-hydrogen) atoms. The number of oxazole rings is 1. The normalized spacial score (nSPS) is 11.3. The second-order valence-corrected chi connectivity index (χ2v) is 8.42. The molecule has 0 spiro atoms. The standard InChI is InChI=1S/C28H23BrN2O3/c1-3-7-21-14-20(15-22(17-30)28-31-24-8-5-6-9-25(24)34-28)16-26(32-4-2)27(21)33-18-19-10-12-23(29)13-11-19/h3,5-6,8-16H,1,4,7,18H2,2H3/b22-15+. The van der Waals surface area contributed by atoms with Crippen LogP contribution in [0, 0.1) is 11.3 Å². The average molecular weight is 515 g/mol. The lowest BCUT2D eigenvalue weighted by Gasteiger charge is -2.17. The van der Waals surface area contributed by atoms with Crippen molar-refractivity contribution in [3.63, 3.8) is 0 Å². The molecule has 0 saturated heterocycles. The monoisotopic (exact) mass is 514 g/mol. The Morgan fingerprint density at radius 1 is 1.15 bits per heavy atom.